The van der Waals surface area contributed by atoms with Gasteiger partial charge in [-0.15, -0.1) is 11.3 Å². The van der Waals surface area contributed by atoms with Crippen molar-refractivity contribution in [3.05, 3.63) is 34.1 Å². The lowest BCUT2D eigenvalue weighted by atomic mass is 10.3. The van der Waals surface area contributed by atoms with Gasteiger partial charge in [-0.05, 0) is 11.4 Å². The molecule has 1 aliphatic rings. The van der Waals surface area contributed by atoms with E-state index in [9.17, 15) is 4.79 Å². The summed E-state index contributed by atoms with van der Waals surface area (Å²) in [6.07, 6.45) is 0.651. The maximum Gasteiger partial charge on any atom is 0.317 e. The van der Waals surface area contributed by atoms with Gasteiger partial charge >= 0.3 is 6.03 Å². The SMILES string of the molecule is O=C(NCc1nc(Cc2cccs2)no1)N1CCOCC1. The average molecular weight is 308 g/mol. The van der Waals surface area contributed by atoms with E-state index in [0.717, 1.165) is 0 Å². The number of hydrogen-bond acceptors (Lipinski definition) is 6. The molecule has 0 saturated carbocycles. The van der Waals surface area contributed by atoms with Crippen LogP contribution in [0.5, 0.6) is 0 Å². The number of aromatic nitrogens is 2. The Labute approximate surface area is 125 Å². The minimum Gasteiger partial charge on any atom is -0.378 e. The lowest BCUT2D eigenvalue weighted by Gasteiger charge is -2.26. The number of amides is 2. The fourth-order valence-corrected chi connectivity index (χ4v) is 2.73. The fraction of sp³-hybridized carbons (Fsp3) is 0.462. The molecule has 21 heavy (non-hydrogen) atoms. The van der Waals surface area contributed by atoms with E-state index < -0.39 is 0 Å². The third kappa shape index (κ3) is 3.79. The Morgan fingerprint density at radius 1 is 1.43 bits per heavy atom. The summed E-state index contributed by atoms with van der Waals surface area (Å²) in [5.41, 5.74) is 0. The molecule has 1 fully saturated rings. The summed E-state index contributed by atoms with van der Waals surface area (Å²) in [6.45, 7) is 2.63. The summed E-state index contributed by atoms with van der Waals surface area (Å²) in [5, 5.41) is 8.71. The molecule has 3 heterocycles. The van der Waals surface area contributed by atoms with Crippen LogP contribution in [0, 0.1) is 0 Å². The molecular formula is C13H16N4O3S. The standard InChI is InChI=1S/C13H16N4O3S/c18-13(17-3-5-19-6-4-17)14-9-12-15-11(16-20-12)8-10-2-1-7-21-10/h1-2,7H,3-6,8-9H2,(H,14,18). The summed E-state index contributed by atoms with van der Waals surface area (Å²) in [6, 6.07) is 3.89. The van der Waals surface area contributed by atoms with Gasteiger partial charge in [-0.3, -0.25) is 0 Å². The van der Waals surface area contributed by atoms with Crippen molar-refractivity contribution < 1.29 is 14.1 Å². The topological polar surface area (TPSA) is 80.5 Å². The lowest BCUT2D eigenvalue weighted by Crippen LogP contribution is -2.45. The van der Waals surface area contributed by atoms with Crippen molar-refractivity contribution in [2.45, 2.75) is 13.0 Å². The Hall–Kier alpha value is -1.93. The molecule has 1 saturated heterocycles. The number of thiophene rings is 1. The van der Waals surface area contributed by atoms with Crippen molar-refractivity contribution in [2.24, 2.45) is 0 Å². The van der Waals surface area contributed by atoms with Gasteiger partial charge in [0.2, 0.25) is 5.89 Å². The highest BCUT2D eigenvalue weighted by Gasteiger charge is 2.17. The predicted octanol–water partition coefficient (Wildman–Crippen LogP) is 1.26. The maximum atomic E-state index is 11.9. The third-order valence-corrected chi connectivity index (χ3v) is 3.99. The number of nitrogens with one attached hydrogen (secondary N) is 1. The van der Waals surface area contributed by atoms with Crippen LogP contribution in [0.15, 0.2) is 22.0 Å². The normalized spacial score (nSPS) is 15.1. The summed E-state index contributed by atoms with van der Waals surface area (Å²) >= 11 is 1.65. The fourth-order valence-electron chi connectivity index (χ4n) is 2.03. The summed E-state index contributed by atoms with van der Waals surface area (Å²) < 4.78 is 10.3. The van der Waals surface area contributed by atoms with Gasteiger partial charge in [0.05, 0.1) is 19.8 Å². The van der Waals surface area contributed by atoms with Gasteiger partial charge in [0.25, 0.3) is 0 Å². The highest BCUT2D eigenvalue weighted by molar-refractivity contribution is 7.09. The van der Waals surface area contributed by atoms with Gasteiger partial charge < -0.3 is 19.5 Å². The largest absolute Gasteiger partial charge is 0.378 e. The Morgan fingerprint density at radius 3 is 3.05 bits per heavy atom. The zero-order valence-corrected chi connectivity index (χ0v) is 12.3. The molecule has 2 aromatic rings. The minimum atomic E-state index is -0.128. The Kier molecular flexibility index (Phi) is 4.46. The van der Waals surface area contributed by atoms with Crippen LogP contribution in [0.2, 0.25) is 0 Å². The van der Waals surface area contributed by atoms with Crippen LogP contribution in [0.25, 0.3) is 0 Å². The molecule has 0 unspecified atom stereocenters. The summed E-state index contributed by atoms with van der Waals surface area (Å²) in [4.78, 5) is 19.1. The maximum absolute atomic E-state index is 11.9. The molecule has 0 aromatic carbocycles. The molecule has 7 nitrogen and oxygen atoms in total. The molecule has 112 valence electrons. The Balaban J connectivity index is 1.49. The van der Waals surface area contributed by atoms with Crippen molar-refractivity contribution in [1.82, 2.24) is 20.4 Å². The van der Waals surface area contributed by atoms with Gasteiger partial charge in [0.15, 0.2) is 5.82 Å². The van der Waals surface area contributed by atoms with Crippen molar-refractivity contribution in [2.75, 3.05) is 26.3 Å². The second-order valence-electron chi connectivity index (χ2n) is 4.62. The smallest absolute Gasteiger partial charge is 0.317 e. The summed E-state index contributed by atoms with van der Waals surface area (Å²) in [7, 11) is 0. The molecule has 0 radical (unpaired) electrons. The molecule has 2 amide bonds. The van der Waals surface area contributed by atoms with Crippen molar-refractivity contribution in [3.63, 3.8) is 0 Å². The number of morpholine rings is 1. The molecule has 3 rings (SSSR count). The zero-order chi connectivity index (χ0) is 14.5. The number of nitrogens with zero attached hydrogens (tertiary/aromatic N) is 3. The number of ether oxygens (including phenoxy) is 1. The highest BCUT2D eigenvalue weighted by Crippen LogP contribution is 2.12. The molecule has 0 atom stereocenters. The monoisotopic (exact) mass is 308 g/mol. The first-order chi connectivity index (χ1) is 10.3. The highest BCUT2D eigenvalue weighted by atomic mass is 32.1. The second kappa shape index (κ2) is 6.68. The second-order valence-corrected chi connectivity index (χ2v) is 5.65. The van der Waals surface area contributed by atoms with Crippen LogP contribution >= 0.6 is 11.3 Å². The zero-order valence-electron chi connectivity index (χ0n) is 11.4. The first-order valence-corrected chi connectivity index (χ1v) is 7.63. The number of hydrogen-bond donors (Lipinski definition) is 1. The number of carbonyl (C=O) groups excluding carboxylic acids is 1. The van der Waals surface area contributed by atoms with Gasteiger partial charge in [-0.2, -0.15) is 4.98 Å². The van der Waals surface area contributed by atoms with Crippen LogP contribution in [-0.2, 0) is 17.7 Å². The molecular weight excluding hydrogens is 292 g/mol. The van der Waals surface area contributed by atoms with E-state index in [4.69, 9.17) is 9.26 Å². The van der Waals surface area contributed by atoms with Crippen molar-refractivity contribution in [1.29, 1.82) is 0 Å². The van der Waals surface area contributed by atoms with Crippen molar-refractivity contribution >= 4 is 17.4 Å². The number of carbonyl (C=O) groups is 1. The first kappa shape index (κ1) is 14.0. The molecule has 1 N–H and O–H groups in total. The van der Waals surface area contributed by atoms with Gasteiger partial charge in [-0.25, -0.2) is 4.79 Å². The molecule has 0 aliphatic carbocycles. The van der Waals surface area contributed by atoms with Gasteiger partial charge in [-0.1, -0.05) is 11.2 Å². The van der Waals surface area contributed by atoms with Crippen LogP contribution in [0.1, 0.15) is 16.6 Å². The Morgan fingerprint density at radius 2 is 2.29 bits per heavy atom. The van der Waals surface area contributed by atoms with Crippen LogP contribution in [0.4, 0.5) is 4.79 Å². The molecule has 0 spiro atoms. The Bertz CT molecular complexity index is 578. The average Bonchev–Trinajstić information content (AvgIpc) is 3.18. The van der Waals surface area contributed by atoms with Gasteiger partial charge in [0, 0.05) is 24.4 Å². The molecule has 1 aliphatic heterocycles. The molecule has 8 heteroatoms. The molecule has 0 bridgehead atoms. The quantitative estimate of drug-likeness (QED) is 0.920. The lowest BCUT2D eigenvalue weighted by molar-refractivity contribution is 0.0529. The van der Waals surface area contributed by atoms with E-state index in [0.29, 0.717) is 44.4 Å². The van der Waals surface area contributed by atoms with Crippen LogP contribution < -0.4 is 5.32 Å². The number of urea groups is 1. The predicted molar refractivity (Wildman–Crippen MR) is 76.1 cm³/mol. The van der Waals surface area contributed by atoms with E-state index >= 15 is 0 Å². The van der Waals surface area contributed by atoms with Gasteiger partial charge in [0.1, 0.15) is 0 Å². The third-order valence-electron chi connectivity index (χ3n) is 3.11. The van der Waals surface area contributed by atoms with E-state index in [1.165, 1.54) is 4.88 Å². The summed E-state index contributed by atoms with van der Waals surface area (Å²) in [5.74, 6) is 1.05. The minimum absolute atomic E-state index is 0.128. The first-order valence-electron chi connectivity index (χ1n) is 6.75. The van der Waals surface area contributed by atoms with Crippen LogP contribution in [-0.4, -0.2) is 47.4 Å². The van der Waals surface area contributed by atoms with E-state index in [2.05, 4.69) is 15.5 Å². The van der Waals surface area contributed by atoms with E-state index in [1.54, 1.807) is 16.2 Å². The van der Waals surface area contributed by atoms with Crippen LogP contribution in [0.3, 0.4) is 0 Å². The van der Waals surface area contributed by atoms with E-state index in [-0.39, 0.29) is 12.6 Å². The molecule has 2 aromatic heterocycles. The van der Waals surface area contributed by atoms with Crippen molar-refractivity contribution in [3.8, 4) is 0 Å². The van der Waals surface area contributed by atoms with E-state index in [1.807, 2.05) is 17.5 Å². The number of rotatable bonds is 4.